The van der Waals surface area contributed by atoms with Gasteiger partial charge >= 0.3 is 0 Å². The van der Waals surface area contributed by atoms with Crippen LogP contribution in [0.3, 0.4) is 0 Å². The van der Waals surface area contributed by atoms with Crippen molar-refractivity contribution < 1.29 is 4.79 Å². The Hall–Kier alpha value is -2.27. The van der Waals surface area contributed by atoms with Crippen LogP contribution in [0.2, 0.25) is 0 Å². The van der Waals surface area contributed by atoms with Crippen molar-refractivity contribution >= 4 is 27.5 Å². The molecule has 0 radical (unpaired) electrons. The van der Waals surface area contributed by atoms with E-state index in [1.807, 2.05) is 45.9 Å². The van der Waals surface area contributed by atoms with Gasteiger partial charge in [-0.3, -0.25) is 4.79 Å². The van der Waals surface area contributed by atoms with Crippen LogP contribution in [0.25, 0.3) is 10.2 Å². The number of fused-ring (bicyclic) bond motifs is 1. The molecule has 3 aromatic rings. The third kappa shape index (κ3) is 3.10. The van der Waals surface area contributed by atoms with Crippen molar-refractivity contribution in [1.29, 1.82) is 0 Å². The molecule has 0 fully saturated rings. The third-order valence-corrected chi connectivity index (χ3v) is 5.01. The fourth-order valence-corrected chi connectivity index (χ4v) is 3.97. The van der Waals surface area contributed by atoms with Crippen LogP contribution in [-0.4, -0.2) is 15.9 Å². The summed E-state index contributed by atoms with van der Waals surface area (Å²) in [6.07, 6.45) is 0. The van der Waals surface area contributed by atoms with Crippen LogP contribution in [-0.2, 0) is 6.54 Å². The first-order valence-electron chi connectivity index (χ1n) is 7.54. The maximum atomic E-state index is 12.5. The lowest BCUT2D eigenvalue weighted by Gasteiger charge is -2.05. The Labute approximate surface area is 139 Å². The summed E-state index contributed by atoms with van der Waals surface area (Å²) in [5, 5.41) is 4.00. The fraction of sp³-hybridized carbons (Fsp3) is 0.278. The minimum Gasteiger partial charge on any atom is -0.347 e. The Morgan fingerprint density at radius 3 is 2.70 bits per heavy atom. The highest BCUT2D eigenvalue weighted by molar-refractivity contribution is 7.20. The first-order valence-corrected chi connectivity index (χ1v) is 8.35. The summed E-state index contributed by atoms with van der Waals surface area (Å²) < 4.78 is 0. The molecule has 0 aliphatic carbocycles. The zero-order valence-electron chi connectivity index (χ0n) is 13.7. The number of nitrogens with zero attached hydrogens (tertiary/aromatic N) is 2. The standard InChI is InChI=1S/C18H19N3OS/c1-10-6-5-7-14(8-10)9-19-17(22)16-11(2)15-12(3)20-13(4)21-18(15)23-16/h5-8H,9H2,1-4H3,(H,19,22). The highest BCUT2D eigenvalue weighted by Gasteiger charge is 2.18. The minimum atomic E-state index is -0.0518. The van der Waals surface area contributed by atoms with Crippen molar-refractivity contribution in [3.8, 4) is 0 Å². The van der Waals surface area contributed by atoms with E-state index in [0.717, 1.165) is 37.7 Å². The van der Waals surface area contributed by atoms with E-state index >= 15 is 0 Å². The van der Waals surface area contributed by atoms with Crippen molar-refractivity contribution in [1.82, 2.24) is 15.3 Å². The van der Waals surface area contributed by atoms with Crippen LogP contribution < -0.4 is 5.32 Å². The fourth-order valence-electron chi connectivity index (χ4n) is 2.77. The molecule has 2 heterocycles. The second-order valence-electron chi connectivity index (χ2n) is 5.76. The summed E-state index contributed by atoms with van der Waals surface area (Å²) in [4.78, 5) is 23.0. The van der Waals surface area contributed by atoms with Gasteiger partial charge in [-0.2, -0.15) is 0 Å². The second-order valence-corrected chi connectivity index (χ2v) is 6.76. The molecule has 1 N–H and O–H groups in total. The molecule has 2 aromatic heterocycles. The van der Waals surface area contributed by atoms with Crippen LogP contribution in [0.4, 0.5) is 0 Å². The Balaban J connectivity index is 1.86. The van der Waals surface area contributed by atoms with E-state index in [1.165, 1.54) is 16.9 Å². The summed E-state index contributed by atoms with van der Waals surface area (Å²) in [5.41, 5.74) is 4.18. The molecular formula is C18H19N3OS. The number of aromatic nitrogens is 2. The molecule has 0 saturated heterocycles. The van der Waals surface area contributed by atoms with E-state index in [2.05, 4.69) is 21.4 Å². The molecule has 0 spiro atoms. The van der Waals surface area contributed by atoms with Gasteiger partial charge in [-0.15, -0.1) is 11.3 Å². The van der Waals surface area contributed by atoms with Gasteiger partial charge in [0.1, 0.15) is 10.7 Å². The number of benzene rings is 1. The molecule has 1 aromatic carbocycles. The SMILES string of the molecule is Cc1cccc(CNC(=O)c2sc3nc(C)nc(C)c3c2C)c1. The quantitative estimate of drug-likeness (QED) is 0.795. The molecule has 0 unspecified atom stereocenters. The topological polar surface area (TPSA) is 54.9 Å². The lowest BCUT2D eigenvalue weighted by atomic mass is 10.1. The molecule has 0 saturated carbocycles. The summed E-state index contributed by atoms with van der Waals surface area (Å²) >= 11 is 1.44. The maximum Gasteiger partial charge on any atom is 0.261 e. The van der Waals surface area contributed by atoms with Gasteiger partial charge in [0.05, 0.1) is 4.88 Å². The van der Waals surface area contributed by atoms with E-state index < -0.39 is 0 Å². The lowest BCUT2D eigenvalue weighted by molar-refractivity contribution is 0.0954. The summed E-state index contributed by atoms with van der Waals surface area (Å²) in [6.45, 7) is 8.37. The highest BCUT2D eigenvalue weighted by Crippen LogP contribution is 2.31. The molecule has 0 aliphatic rings. The Kier molecular flexibility index (Phi) is 4.13. The zero-order chi connectivity index (χ0) is 16.6. The van der Waals surface area contributed by atoms with Gasteiger partial charge in [-0.25, -0.2) is 9.97 Å². The van der Waals surface area contributed by atoms with E-state index in [9.17, 15) is 4.79 Å². The van der Waals surface area contributed by atoms with Gasteiger partial charge in [-0.1, -0.05) is 29.8 Å². The number of hydrogen-bond donors (Lipinski definition) is 1. The molecule has 0 aliphatic heterocycles. The molecule has 23 heavy (non-hydrogen) atoms. The lowest BCUT2D eigenvalue weighted by Crippen LogP contribution is -2.22. The predicted octanol–water partition coefficient (Wildman–Crippen LogP) is 3.85. The summed E-state index contributed by atoms with van der Waals surface area (Å²) in [7, 11) is 0. The minimum absolute atomic E-state index is 0.0518. The molecule has 1 amide bonds. The highest BCUT2D eigenvalue weighted by atomic mass is 32.1. The van der Waals surface area contributed by atoms with Crippen molar-refractivity contribution in [2.75, 3.05) is 0 Å². The predicted molar refractivity (Wildman–Crippen MR) is 94.0 cm³/mol. The van der Waals surface area contributed by atoms with Gasteiger partial charge in [0, 0.05) is 17.6 Å². The van der Waals surface area contributed by atoms with E-state index in [0.29, 0.717) is 6.54 Å². The Morgan fingerprint density at radius 1 is 1.17 bits per heavy atom. The second kappa shape index (κ2) is 6.08. The van der Waals surface area contributed by atoms with E-state index in [1.54, 1.807) is 0 Å². The van der Waals surface area contributed by atoms with Crippen LogP contribution in [0, 0.1) is 27.7 Å². The monoisotopic (exact) mass is 325 g/mol. The first kappa shape index (κ1) is 15.6. The number of rotatable bonds is 3. The molecule has 3 rings (SSSR count). The summed E-state index contributed by atoms with van der Waals surface area (Å²) in [5.74, 6) is 0.687. The molecule has 118 valence electrons. The number of carbonyl (C=O) groups excluding carboxylic acids is 1. The van der Waals surface area contributed by atoms with Crippen molar-refractivity contribution in [3.05, 3.63) is 57.4 Å². The van der Waals surface area contributed by atoms with Crippen LogP contribution in [0.5, 0.6) is 0 Å². The molecule has 5 heteroatoms. The number of amides is 1. The van der Waals surface area contributed by atoms with Crippen molar-refractivity contribution in [2.24, 2.45) is 0 Å². The van der Waals surface area contributed by atoms with Crippen LogP contribution in [0.15, 0.2) is 24.3 Å². The van der Waals surface area contributed by atoms with Gasteiger partial charge in [-0.05, 0) is 38.8 Å². The zero-order valence-corrected chi connectivity index (χ0v) is 14.5. The first-order chi connectivity index (χ1) is 11.0. The van der Waals surface area contributed by atoms with Crippen LogP contribution >= 0.6 is 11.3 Å². The average molecular weight is 325 g/mol. The number of thiophene rings is 1. The van der Waals surface area contributed by atoms with Gasteiger partial charge in [0.15, 0.2) is 0 Å². The molecule has 0 atom stereocenters. The number of aryl methyl sites for hydroxylation is 4. The third-order valence-electron chi connectivity index (χ3n) is 3.82. The molecule has 4 nitrogen and oxygen atoms in total. The maximum absolute atomic E-state index is 12.5. The summed E-state index contributed by atoms with van der Waals surface area (Å²) in [6, 6.07) is 8.15. The largest absolute Gasteiger partial charge is 0.347 e. The normalized spacial score (nSPS) is 11.0. The molecular weight excluding hydrogens is 306 g/mol. The van der Waals surface area contributed by atoms with Gasteiger partial charge in [0.25, 0.3) is 5.91 Å². The number of hydrogen-bond acceptors (Lipinski definition) is 4. The smallest absolute Gasteiger partial charge is 0.261 e. The van der Waals surface area contributed by atoms with Gasteiger partial charge in [0.2, 0.25) is 0 Å². The van der Waals surface area contributed by atoms with Gasteiger partial charge < -0.3 is 5.32 Å². The van der Waals surface area contributed by atoms with E-state index in [-0.39, 0.29) is 5.91 Å². The number of carbonyl (C=O) groups is 1. The van der Waals surface area contributed by atoms with Crippen LogP contribution in [0.1, 0.15) is 37.9 Å². The van der Waals surface area contributed by atoms with Crippen molar-refractivity contribution in [3.63, 3.8) is 0 Å². The molecule has 0 bridgehead atoms. The average Bonchev–Trinajstić information content (AvgIpc) is 2.82. The van der Waals surface area contributed by atoms with Crippen molar-refractivity contribution in [2.45, 2.75) is 34.2 Å². The Bertz CT molecular complexity index is 899. The van der Waals surface area contributed by atoms with E-state index in [4.69, 9.17) is 0 Å². The number of nitrogens with one attached hydrogen (secondary N) is 1. The Morgan fingerprint density at radius 2 is 1.96 bits per heavy atom.